The second kappa shape index (κ2) is 7.23. The minimum Gasteiger partial charge on any atom is -0.0840 e. The van der Waals surface area contributed by atoms with Crippen molar-refractivity contribution in [3.63, 3.8) is 0 Å². The molecule has 0 bridgehead atoms. The Bertz CT molecular complexity index is 224. The van der Waals surface area contributed by atoms with E-state index in [2.05, 4.69) is 13.8 Å². The lowest BCUT2D eigenvalue weighted by Crippen LogP contribution is -1.82. The van der Waals surface area contributed by atoms with E-state index < -0.39 is 0 Å². The molecule has 0 atom stereocenters. The van der Waals surface area contributed by atoms with E-state index in [4.69, 9.17) is 23.2 Å². The van der Waals surface area contributed by atoms with Crippen LogP contribution in [0.5, 0.6) is 0 Å². The van der Waals surface area contributed by atoms with Gasteiger partial charge < -0.3 is 0 Å². The van der Waals surface area contributed by atoms with Crippen molar-refractivity contribution in [3.05, 3.63) is 33.8 Å². The average molecular weight is 219 g/mol. The van der Waals surface area contributed by atoms with Crippen molar-refractivity contribution in [2.75, 3.05) is 0 Å². The number of rotatable bonds is 1. The Morgan fingerprint density at radius 1 is 1.00 bits per heavy atom. The predicted octanol–water partition coefficient (Wildman–Crippen LogP) is 4.97. The van der Waals surface area contributed by atoms with Crippen LogP contribution >= 0.6 is 23.2 Å². The van der Waals surface area contributed by atoms with E-state index >= 15 is 0 Å². The van der Waals surface area contributed by atoms with Crippen LogP contribution in [0.3, 0.4) is 0 Å². The van der Waals surface area contributed by atoms with Crippen LogP contribution in [-0.2, 0) is 6.42 Å². The molecule has 0 aliphatic carbocycles. The smallest absolute Gasteiger partial charge is 0.0452 e. The molecule has 0 saturated heterocycles. The van der Waals surface area contributed by atoms with Crippen molar-refractivity contribution >= 4 is 23.2 Å². The maximum absolute atomic E-state index is 5.85. The van der Waals surface area contributed by atoms with Gasteiger partial charge in [0.25, 0.3) is 0 Å². The van der Waals surface area contributed by atoms with Crippen LogP contribution in [0.1, 0.15) is 32.8 Å². The third-order valence-corrected chi connectivity index (χ3v) is 2.12. The highest BCUT2D eigenvalue weighted by atomic mass is 35.5. The molecule has 0 radical (unpaired) electrons. The zero-order valence-electron chi connectivity index (χ0n) is 8.40. The molecule has 0 aromatic heterocycles. The highest BCUT2D eigenvalue weighted by Gasteiger charge is 2.00. The van der Waals surface area contributed by atoms with Gasteiger partial charge >= 0.3 is 0 Å². The normalized spacial score (nSPS) is 9.00. The first-order chi connectivity index (χ1) is 6.17. The summed E-state index contributed by atoms with van der Waals surface area (Å²) in [4.78, 5) is 0. The van der Waals surface area contributed by atoms with E-state index in [-0.39, 0.29) is 0 Å². The fourth-order valence-electron chi connectivity index (χ4n) is 0.870. The van der Waals surface area contributed by atoms with Crippen LogP contribution in [0.15, 0.2) is 18.2 Å². The molecule has 1 aromatic carbocycles. The molecule has 0 spiro atoms. The number of halogens is 2. The van der Waals surface area contributed by atoms with Crippen molar-refractivity contribution < 1.29 is 0 Å². The Labute approximate surface area is 90.9 Å². The van der Waals surface area contributed by atoms with Gasteiger partial charge in [0.1, 0.15) is 0 Å². The first kappa shape index (κ1) is 12.8. The lowest BCUT2D eigenvalue weighted by atomic mass is 10.2. The topological polar surface area (TPSA) is 0 Å². The molecule has 0 unspecified atom stereocenters. The van der Waals surface area contributed by atoms with Gasteiger partial charge in [0.2, 0.25) is 0 Å². The Morgan fingerprint density at radius 3 is 1.62 bits per heavy atom. The lowest BCUT2D eigenvalue weighted by Gasteiger charge is -2.01. The molecule has 74 valence electrons. The summed E-state index contributed by atoms with van der Waals surface area (Å²) in [6, 6.07) is 5.56. The average Bonchev–Trinajstić information content (AvgIpc) is 2.06. The summed E-state index contributed by atoms with van der Waals surface area (Å²) < 4.78 is 0. The van der Waals surface area contributed by atoms with Gasteiger partial charge in [-0.05, 0) is 24.1 Å². The van der Waals surface area contributed by atoms with Crippen LogP contribution in [0.4, 0.5) is 0 Å². The Kier molecular flexibility index (Phi) is 7.12. The zero-order chi connectivity index (χ0) is 10.3. The molecular weight excluding hydrogens is 203 g/mol. The second-order valence-corrected chi connectivity index (χ2v) is 3.58. The molecule has 0 aliphatic rings. The fourth-order valence-corrected chi connectivity index (χ4v) is 1.53. The van der Waals surface area contributed by atoms with Crippen molar-refractivity contribution in [1.29, 1.82) is 0 Å². The molecule has 1 rings (SSSR count). The molecule has 13 heavy (non-hydrogen) atoms. The van der Waals surface area contributed by atoms with E-state index in [9.17, 15) is 0 Å². The van der Waals surface area contributed by atoms with Gasteiger partial charge in [-0.2, -0.15) is 0 Å². The van der Waals surface area contributed by atoms with Crippen LogP contribution in [-0.4, -0.2) is 0 Å². The number of benzene rings is 1. The molecule has 0 heterocycles. The SMILES string of the molecule is CCC.CCc1c(Cl)cccc1Cl. The summed E-state index contributed by atoms with van der Waals surface area (Å²) in [6.07, 6.45) is 2.14. The molecule has 0 aliphatic heterocycles. The molecule has 0 N–H and O–H groups in total. The maximum atomic E-state index is 5.85. The van der Waals surface area contributed by atoms with E-state index in [0.717, 1.165) is 22.0 Å². The van der Waals surface area contributed by atoms with Crippen molar-refractivity contribution in [3.8, 4) is 0 Å². The highest BCUT2D eigenvalue weighted by Crippen LogP contribution is 2.23. The van der Waals surface area contributed by atoms with Gasteiger partial charge in [-0.15, -0.1) is 0 Å². The van der Waals surface area contributed by atoms with Crippen molar-refractivity contribution in [2.24, 2.45) is 0 Å². The first-order valence-electron chi connectivity index (χ1n) is 4.60. The summed E-state index contributed by atoms with van der Waals surface area (Å²) in [6.45, 7) is 6.28. The van der Waals surface area contributed by atoms with E-state index in [1.165, 1.54) is 6.42 Å². The molecule has 2 heteroatoms. The largest absolute Gasteiger partial charge is 0.0840 e. The molecule has 0 fully saturated rings. The van der Waals surface area contributed by atoms with Crippen molar-refractivity contribution in [2.45, 2.75) is 33.6 Å². The van der Waals surface area contributed by atoms with Gasteiger partial charge in [0, 0.05) is 10.0 Å². The van der Waals surface area contributed by atoms with E-state index in [1.54, 1.807) is 0 Å². The highest BCUT2D eigenvalue weighted by molar-refractivity contribution is 6.35. The monoisotopic (exact) mass is 218 g/mol. The van der Waals surface area contributed by atoms with Gasteiger partial charge in [0.15, 0.2) is 0 Å². The van der Waals surface area contributed by atoms with Crippen LogP contribution in [0.2, 0.25) is 10.0 Å². The molecular formula is C11H16Cl2. The Balaban J connectivity index is 0.000000424. The lowest BCUT2D eigenvalue weighted by molar-refractivity contribution is 1.09. The first-order valence-corrected chi connectivity index (χ1v) is 5.35. The summed E-state index contributed by atoms with van der Waals surface area (Å²) in [7, 11) is 0. The third-order valence-electron chi connectivity index (χ3n) is 1.42. The van der Waals surface area contributed by atoms with Crippen LogP contribution in [0.25, 0.3) is 0 Å². The zero-order valence-corrected chi connectivity index (χ0v) is 9.91. The molecule has 0 amide bonds. The van der Waals surface area contributed by atoms with E-state index in [1.807, 2.05) is 25.1 Å². The van der Waals surface area contributed by atoms with E-state index in [0.29, 0.717) is 0 Å². The summed E-state index contributed by atoms with van der Waals surface area (Å²) in [5.74, 6) is 0. The maximum Gasteiger partial charge on any atom is 0.0452 e. The molecule has 1 aromatic rings. The van der Waals surface area contributed by atoms with Crippen molar-refractivity contribution in [1.82, 2.24) is 0 Å². The minimum atomic E-state index is 0.759. The predicted molar refractivity (Wildman–Crippen MR) is 61.8 cm³/mol. The standard InChI is InChI=1S/C8H8Cl2.C3H8/c1-2-6-7(9)4-3-5-8(6)10;1-3-2/h3-5H,2H2,1H3;3H2,1-2H3. The summed E-state index contributed by atoms with van der Waals surface area (Å²) in [5, 5.41) is 1.52. The van der Waals surface area contributed by atoms with Crippen LogP contribution in [0, 0.1) is 0 Å². The summed E-state index contributed by atoms with van der Waals surface area (Å²) >= 11 is 11.7. The Hall–Kier alpha value is -0.200. The second-order valence-electron chi connectivity index (χ2n) is 2.76. The minimum absolute atomic E-state index is 0.759. The number of hydrogen-bond donors (Lipinski definition) is 0. The Morgan fingerprint density at radius 2 is 1.38 bits per heavy atom. The van der Waals surface area contributed by atoms with Gasteiger partial charge in [-0.1, -0.05) is 56.5 Å². The summed E-state index contributed by atoms with van der Waals surface area (Å²) in [5.41, 5.74) is 1.03. The molecule has 0 saturated carbocycles. The van der Waals surface area contributed by atoms with Gasteiger partial charge in [-0.3, -0.25) is 0 Å². The fraction of sp³-hybridized carbons (Fsp3) is 0.455. The molecule has 0 nitrogen and oxygen atoms in total. The van der Waals surface area contributed by atoms with Crippen LogP contribution < -0.4 is 0 Å². The quantitative estimate of drug-likeness (QED) is 0.625. The number of hydrogen-bond acceptors (Lipinski definition) is 0. The van der Waals surface area contributed by atoms with Gasteiger partial charge in [0.05, 0.1) is 0 Å². The van der Waals surface area contributed by atoms with Gasteiger partial charge in [-0.25, -0.2) is 0 Å². The third kappa shape index (κ3) is 4.54.